The Morgan fingerprint density at radius 1 is 1.19 bits per heavy atom. The molecule has 0 fully saturated rings. The fraction of sp³-hybridized carbons (Fsp3) is 0.0667. The Bertz CT molecular complexity index is 1150. The lowest BCUT2D eigenvalue weighted by atomic mass is 10.2. The number of nitrogens with zero attached hydrogens (tertiary/aromatic N) is 2. The molecule has 0 radical (unpaired) electrons. The minimum atomic E-state index is -5.60. The van der Waals surface area contributed by atoms with Crippen LogP contribution in [-0.2, 0) is 9.84 Å². The smallest absolute Gasteiger partial charge is 0.456 e. The largest absolute Gasteiger partial charge is 0.501 e. The summed E-state index contributed by atoms with van der Waals surface area (Å²) >= 11 is 0. The van der Waals surface area contributed by atoms with E-state index in [4.69, 9.17) is 10.00 Å². The van der Waals surface area contributed by atoms with Crippen molar-refractivity contribution in [3.8, 4) is 17.6 Å². The van der Waals surface area contributed by atoms with Gasteiger partial charge in [-0.15, -0.1) is 0 Å². The molecule has 11 heteroatoms. The van der Waals surface area contributed by atoms with Gasteiger partial charge < -0.3 is 4.74 Å². The van der Waals surface area contributed by atoms with Crippen molar-refractivity contribution in [1.29, 1.82) is 5.26 Å². The van der Waals surface area contributed by atoms with Crippen LogP contribution in [0, 0.1) is 17.1 Å². The number of fused-ring (bicyclic) bond motifs is 1. The number of H-pyrrole nitrogens is 1. The molecule has 134 valence electrons. The van der Waals surface area contributed by atoms with Crippen molar-refractivity contribution < 1.29 is 30.7 Å². The number of halogens is 4. The van der Waals surface area contributed by atoms with E-state index in [9.17, 15) is 26.0 Å². The Balaban J connectivity index is 2.09. The molecular weight excluding hydrogens is 378 g/mol. The molecule has 0 unspecified atom stereocenters. The first-order valence-electron chi connectivity index (χ1n) is 6.80. The van der Waals surface area contributed by atoms with Gasteiger partial charge in [-0.1, -0.05) is 0 Å². The van der Waals surface area contributed by atoms with Crippen molar-refractivity contribution in [2.24, 2.45) is 0 Å². The summed E-state index contributed by atoms with van der Waals surface area (Å²) in [5.74, 6) is -0.917. The summed E-state index contributed by atoms with van der Waals surface area (Å²) in [5, 5.41) is 14.4. The molecular formula is C15H7F4N3O3S. The Morgan fingerprint density at radius 2 is 1.92 bits per heavy atom. The van der Waals surface area contributed by atoms with Crippen LogP contribution < -0.4 is 4.74 Å². The number of aromatic nitrogens is 2. The summed E-state index contributed by atoms with van der Waals surface area (Å²) in [5.41, 5.74) is -6.09. The molecule has 2 aromatic carbocycles. The highest BCUT2D eigenvalue weighted by Crippen LogP contribution is 2.38. The second kappa shape index (κ2) is 5.99. The van der Waals surface area contributed by atoms with E-state index >= 15 is 0 Å². The zero-order chi connectivity index (χ0) is 19.1. The highest BCUT2D eigenvalue weighted by molar-refractivity contribution is 7.92. The highest BCUT2D eigenvalue weighted by Gasteiger charge is 2.48. The van der Waals surface area contributed by atoms with Crippen LogP contribution in [0.2, 0.25) is 0 Å². The minimum Gasteiger partial charge on any atom is -0.456 e. The number of alkyl halides is 3. The first-order valence-corrected chi connectivity index (χ1v) is 8.28. The normalized spacial score (nSPS) is 12.1. The lowest BCUT2D eigenvalue weighted by Gasteiger charge is -2.11. The molecule has 0 aliphatic carbocycles. The number of ether oxygens (including phenoxy) is 1. The topological polar surface area (TPSA) is 95.8 Å². The van der Waals surface area contributed by atoms with Crippen molar-refractivity contribution in [2.75, 3.05) is 0 Å². The second-order valence-electron chi connectivity index (χ2n) is 5.03. The predicted octanol–water partition coefficient (Wildman–Crippen LogP) is 3.66. The standard InChI is InChI=1S/C15H7F4N3O3S/c16-11-5-9(2-1-8(11)6-20)25-12-3-4-13(14-10(12)7-21-22-14)26(23,24)15(17,18)19/h1-5,7H,(H,21,22). The number of hydrogen-bond acceptors (Lipinski definition) is 5. The number of aromatic amines is 1. The maximum absolute atomic E-state index is 13.6. The number of sulfone groups is 1. The Morgan fingerprint density at radius 3 is 2.54 bits per heavy atom. The van der Waals surface area contributed by atoms with Gasteiger partial charge >= 0.3 is 5.51 Å². The summed E-state index contributed by atoms with van der Waals surface area (Å²) in [7, 11) is -5.60. The van der Waals surface area contributed by atoms with Crippen molar-refractivity contribution in [1.82, 2.24) is 10.2 Å². The average molecular weight is 385 g/mol. The lowest BCUT2D eigenvalue weighted by molar-refractivity contribution is -0.0435. The number of nitriles is 1. The highest BCUT2D eigenvalue weighted by atomic mass is 32.2. The number of benzene rings is 2. The lowest BCUT2D eigenvalue weighted by Crippen LogP contribution is -2.23. The van der Waals surface area contributed by atoms with Gasteiger partial charge in [-0.3, -0.25) is 5.10 Å². The van der Waals surface area contributed by atoms with Gasteiger partial charge in [-0.25, -0.2) is 12.8 Å². The zero-order valence-corrected chi connectivity index (χ0v) is 13.3. The molecule has 6 nitrogen and oxygen atoms in total. The van der Waals surface area contributed by atoms with Crippen LogP contribution in [0.5, 0.6) is 11.5 Å². The van der Waals surface area contributed by atoms with E-state index in [1.807, 2.05) is 0 Å². The fourth-order valence-corrected chi connectivity index (χ4v) is 3.12. The molecule has 0 bridgehead atoms. The Kier molecular flexibility index (Phi) is 4.08. The van der Waals surface area contributed by atoms with Crippen molar-refractivity contribution in [2.45, 2.75) is 10.4 Å². The maximum atomic E-state index is 13.6. The van der Waals surface area contributed by atoms with Crippen LogP contribution in [0.15, 0.2) is 41.4 Å². The van der Waals surface area contributed by atoms with E-state index in [2.05, 4.69) is 10.2 Å². The first-order chi connectivity index (χ1) is 12.1. The molecule has 3 rings (SSSR count). The third-order valence-corrected chi connectivity index (χ3v) is 4.95. The third kappa shape index (κ3) is 2.84. The van der Waals surface area contributed by atoms with Crippen molar-refractivity contribution in [3.05, 3.63) is 47.9 Å². The number of hydrogen-bond donors (Lipinski definition) is 1. The van der Waals surface area contributed by atoms with E-state index in [0.717, 1.165) is 24.4 Å². The van der Waals surface area contributed by atoms with E-state index in [1.54, 1.807) is 6.07 Å². The predicted molar refractivity (Wildman–Crippen MR) is 80.5 cm³/mol. The SMILES string of the molecule is N#Cc1ccc(Oc2ccc(S(=O)(=O)C(F)(F)F)c3[nH]ncc23)cc1F. The molecule has 0 atom stereocenters. The molecule has 0 spiro atoms. The monoisotopic (exact) mass is 385 g/mol. The van der Waals surface area contributed by atoms with Crippen LogP contribution in [0.1, 0.15) is 5.56 Å². The molecule has 0 aliphatic heterocycles. The van der Waals surface area contributed by atoms with Gasteiger partial charge in [0.1, 0.15) is 28.3 Å². The number of nitrogens with one attached hydrogen (secondary N) is 1. The van der Waals surface area contributed by atoms with Crippen molar-refractivity contribution in [3.63, 3.8) is 0 Å². The van der Waals surface area contributed by atoms with E-state index in [1.165, 1.54) is 12.1 Å². The second-order valence-corrected chi connectivity index (χ2v) is 6.93. The van der Waals surface area contributed by atoms with Gasteiger partial charge in [0.15, 0.2) is 0 Å². The van der Waals surface area contributed by atoms with Crippen LogP contribution >= 0.6 is 0 Å². The van der Waals surface area contributed by atoms with E-state index in [-0.39, 0.29) is 22.4 Å². The van der Waals surface area contributed by atoms with Crippen LogP contribution in [0.3, 0.4) is 0 Å². The number of rotatable bonds is 3. The van der Waals surface area contributed by atoms with Gasteiger partial charge in [-0.2, -0.15) is 23.5 Å². The Labute approximate surface area is 143 Å². The maximum Gasteiger partial charge on any atom is 0.501 e. The molecule has 26 heavy (non-hydrogen) atoms. The van der Waals surface area contributed by atoms with Crippen LogP contribution in [0.4, 0.5) is 17.6 Å². The van der Waals surface area contributed by atoms with Crippen molar-refractivity contribution >= 4 is 20.7 Å². The van der Waals surface area contributed by atoms with Gasteiger partial charge in [0.05, 0.1) is 22.7 Å². The molecule has 1 heterocycles. The Hall–Kier alpha value is -3.13. The quantitative estimate of drug-likeness (QED) is 0.694. The fourth-order valence-electron chi connectivity index (χ4n) is 2.20. The van der Waals surface area contributed by atoms with Gasteiger partial charge in [0, 0.05) is 6.07 Å². The van der Waals surface area contributed by atoms with Crippen LogP contribution in [-0.4, -0.2) is 24.1 Å². The van der Waals surface area contributed by atoms with Gasteiger partial charge in [0.25, 0.3) is 9.84 Å². The van der Waals surface area contributed by atoms with Gasteiger partial charge in [-0.05, 0) is 24.3 Å². The minimum absolute atomic E-state index is 0.0320. The summed E-state index contributed by atoms with van der Waals surface area (Å²) in [4.78, 5) is -1.00. The van der Waals surface area contributed by atoms with E-state index in [0.29, 0.717) is 0 Å². The molecule has 3 aromatic rings. The zero-order valence-electron chi connectivity index (χ0n) is 12.5. The molecule has 1 N–H and O–H groups in total. The van der Waals surface area contributed by atoms with E-state index < -0.39 is 31.6 Å². The molecule has 0 saturated carbocycles. The average Bonchev–Trinajstić information content (AvgIpc) is 3.04. The molecule has 1 aromatic heterocycles. The summed E-state index contributed by atoms with van der Waals surface area (Å²) < 4.78 is 80.7. The molecule has 0 aliphatic rings. The summed E-state index contributed by atoms with van der Waals surface area (Å²) in [6.45, 7) is 0. The van der Waals surface area contributed by atoms with Gasteiger partial charge in [0.2, 0.25) is 0 Å². The first kappa shape index (κ1) is 17.7. The summed E-state index contributed by atoms with van der Waals surface area (Å²) in [6.07, 6.45) is 1.08. The summed E-state index contributed by atoms with van der Waals surface area (Å²) in [6, 6.07) is 6.73. The van der Waals surface area contributed by atoms with Crippen LogP contribution in [0.25, 0.3) is 10.9 Å². The third-order valence-electron chi connectivity index (χ3n) is 3.42. The molecule has 0 saturated heterocycles. The molecule has 0 amide bonds.